The Morgan fingerprint density at radius 2 is 1.62 bits per heavy atom. The van der Waals surface area contributed by atoms with Crippen molar-refractivity contribution < 1.29 is 19.1 Å². The van der Waals surface area contributed by atoms with Crippen LogP contribution in [0.15, 0.2) is 54.6 Å². The van der Waals surface area contributed by atoms with Crippen molar-refractivity contribution in [1.29, 1.82) is 0 Å². The number of hydrogen-bond donors (Lipinski definition) is 2. The van der Waals surface area contributed by atoms with Crippen molar-refractivity contribution in [3.63, 3.8) is 0 Å². The average Bonchev–Trinajstić information content (AvgIpc) is 2.56. The molecule has 2 aromatic carbocycles. The minimum absolute atomic E-state index is 0.0359. The molecule has 0 heterocycles. The Morgan fingerprint density at radius 3 is 2.25 bits per heavy atom. The van der Waals surface area contributed by atoms with Crippen molar-refractivity contribution in [3.8, 4) is 0 Å². The number of carbonyl (C=O) groups excluding carboxylic acids is 1. The zero-order valence-corrected chi connectivity index (χ0v) is 13.2. The van der Waals surface area contributed by atoms with E-state index in [9.17, 15) is 19.1 Å². The van der Waals surface area contributed by atoms with Crippen molar-refractivity contribution in [1.82, 2.24) is 0 Å². The molecule has 0 aromatic heterocycles. The van der Waals surface area contributed by atoms with E-state index in [2.05, 4.69) is 0 Å². The first kappa shape index (κ1) is 17.8. The first-order valence-corrected chi connectivity index (χ1v) is 7.75. The van der Waals surface area contributed by atoms with Gasteiger partial charge in [-0.15, -0.1) is 0 Å². The highest BCUT2D eigenvalue weighted by molar-refractivity contribution is 5.88. The molecular weight excluding hydrogens is 309 g/mol. The van der Waals surface area contributed by atoms with Gasteiger partial charge in [0.25, 0.3) is 0 Å². The van der Waals surface area contributed by atoms with Crippen LogP contribution >= 0.6 is 0 Å². The van der Waals surface area contributed by atoms with E-state index in [0.29, 0.717) is 6.42 Å². The fourth-order valence-electron chi connectivity index (χ4n) is 2.55. The third-order valence-electron chi connectivity index (χ3n) is 3.93. The Balaban J connectivity index is 2.00. The molecule has 0 fully saturated rings. The number of carboxylic acid groups (broad SMARTS) is 1. The highest BCUT2D eigenvalue weighted by Crippen LogP contribution is 2.17. The van der Waals surface area contributed by atoms with Crippen molar-refractivity contribution >= 4 is 11.8 Å². The Labute approximate surface area is 140 Å². The molecule has 0 bridgehead atoms. The van der Waals surface area contributed by atoms with Crippen LogP contribution in [0.2, 0.25) is 0 Å². The molecule has 126 valence electrons. The van der Waals surface area contributed by atoms with E-state index in [1.54, 1.807) is 6.07 Å². The summed E-state index contributed by atoms with van der Waals surface area (Å²) in [5.74, 6) is -2.91. The van der Waals surface area contributed by atoms with Crippen molar-refractivity contribution in [2.75, 3.05) is 0 Å². The van der Waals surface area contributed by atoms with Gasteiger partial charge in [0.15, 0.2) is 5.78 Å². The molecule has 0 saturated carbocycles. The van der Waals surface area contributed by atoms with Crippen molar-refractivity contribution in [3.05, 3.63) is 71.5 Å². The Bertz CT molecular complexity index is 703. The largest absolute Gasteiger partial charge is 0.481 e. The summed E-state index contributed by atoms with van der Waals surface area (Å²) in [7, 11) is 0. The normalized spacial score (nSPS) is 13.2. The van der Waals surface area contributed by atoms with Gasteiger partial charge < -0.3 is 10.8 Å². The molecule has 0 aliphatic carbocycles. The molecule has 2 aromatic rings. The third-order valence-corrected chi connectivity index (χ3v) is 3.93. The molecule has 2 rings (SSSR count). The number of rotatable bonds is 8. The molecule has 4 nitrogen and oxygen atoms in total. The number of carbonyl (C=O) groups is 2. The van der Waals surface area contributed by atoms with Crippen LogP contribution in [0.1, 0.15) is 17.5 Å². The van der Waals surface area contributed by atoms with Gasteiger partial charge in [-0.2, -0.15) is 0 Å². The number of ketones is 1. The molecule has 1 unspecified atom stereocenters. The van der Waals surface area contributed by atoms with Crippen LogP contribution in [0, 0.1) is 11.7 Å². The maximum Gasteiger partial charge on any atom is 0.307 e. The number of hydrogen-bond acceptors (Lipinski definition) is 3. The zero-order chi connectivity index (χ0) is 17.5. The molecule has 0 radical (unpaired) electrons. The van der Waals surface area contributed by atoms with Crippen LogP contribution in [0.25, 0.3) is 0 Å². The van der Waals surface area contributed by atoms with E-state index in [0.717, 1.165) is 5.56 Å². The maximum atomic E-state index is 13.7. The Morgan fingerprint density at radius 1 is 1.00 bits per heavy atom. The van der Waals surface area contributed by atoms with Gasteiger partial charge in [-0.1, -0.05) is 48.5 Å². The monoisotopic (exact) mass is 329 g/mol. The summed E-state index contributed by atoms with van der Waals surface area (Å²) in [6.07, 6.45) is 0.106. The summed E-state index contributed by atoms with van der Waals surface area (Å²) < 4.78 is 13.7. The molecule has 5 heteroatoms. The van der Waals surface area contributed by atoms with Gasteiger partial charge in [0.2, 0.25) is 0 Å². The van der Waals surface area contributed by atoms with Crippen LogP contribution in [0.5, 0.6) is 0 Å². The van der Waals surface area contributed by atoms with Crippen molar-refractivity contribution in [2.45, 2.75) is 25.3 Å². The molecule has 0 aliphatic heterocycles. The van der Waals surface area contributed by atoms with Crippen LogP contribution < -0.4 is 5.73 Å². The number of nitrogens with two attached hydrogens (primary N) is 1. The predicted molar refractivity (Wildman–Crippen MR) is 89.0 cm³/mol. The average molecular weight is 329 g/mol. The minimum atomic E-state index is -1.13. The van der Waals surface area contributed by atoms with E-state index in [1.807, 2.05) is 30.3 Å². The Hall–Kier alpha value is -2.53. The zero-order valence-electron chi connectivity index (χ0n) is 13.2. The second kappa shape index (κ2) is 8.36. The van der Waals surface area contributed by atoms with E-state index in [1.165, 1.54) is 18.2 Å². The molecule has 24 heavy (non-hydrogen) atoms. The van der Waals surface area contributed by atoms with Gasteiger partial charge in [0.05, 0.1) is 12.0 Å². The molecule has 0 saturated heterocycles. The van der Waals surface area contributed by atoms with E-state index in [-0.39, 0.29) is 24.2 Å². The van der Waals surface area contributed by atoms with Crippen LogP contribution in [-0.4, -0.2) is 22.9 Å². The molecule has 0 amide bonds. The number of carboxylic acids is 1. The van der Waals surface area contributed by atoms with Crippen molar-refractivity contribution in [2.24, 2.45) is 11.7 Å². The van der Waals surface area contributed by atoms with Gasteiger partial charge in [-0.3, -0.25) is 9.59 Å². The topological polar surface area (TPSA) is 80.4 Å². The summed E-state index contributed by atoms with van der Waals surface area (Å²) in [5, 5.41) is 9.33. The quantitative estimate of drug-likeness (QED) is 0.780. The standard InChI is InChI=1S/C19H20FNO3/c20-16-9-5-4-8-14(16)11-15(19(23)24)12-18(22)17(21)10-13-6-2-1-3-7-13/h1-9,15,17H,10-12,21H2,(H,23,24)/t15?,17-/m0/s1. The second-order valence-corrected chi connectivity index (χ2v) is 5.80. The van der Waals surface area contributed by atoms with Gasteiger partial charge in [-0.25, -0.2) is 4.39 Å². The van der Waals surface area contributed by atoms with Crippen LogP contribution in [0.4, 0.5) is 4.39 Å². The number of Topliss-reactive ketones (excluding diaryl/α,β-unsaturated/α-hetero) is 1. The first-order chi connectivity index (χ1) is 11.5. The third kappa shape index (κ3) is 4.99. The molecular formula is C19H20FNO3. The van der Waals surface area contributed by atoms with E-state index >= 15 is 0 Å². The summed E-state index contributed by atoms with van der Waals surface area (Å²) >= 11 is 0. The highest BCUT2D eigenvalue weighted by Gasteiger charge is 2.25. The van der Waals surface area contributed by atoms with Gasteiger partial charge in [-0.05, 0) is 30.0 Å². The lowest BCUT2D eigenvalue weighted by Gasteiger charge is -2.16. The van der Waals surface area contributed by atoms with Crippen LogP contribution in [-0.2, 0) is 22.4 Å². The molecule has 0 aliphatic rings. The van der Waals surface area contributed by atoms with Gasteiger partial charge in [0, 0.05) is 6.42 Å². The fourth-order valence-corrected chi connectivity index (χ4v) is 2.55. The van der Waals surface area contributed by atoms with Gasteiger partial charge in [0.1, 0.15) is 5.82 Å². The lowest BCUT2D eigenvalue weighted by atomic mass is 9.90. The first-order valence-electron chi connectivity index (χ1n) is 7.75. The SMILES string of the molecule is N[C@@H](Cc1ccccc1)C(=O)CC(Cc1ccccc1F)C(=O)O. The van der Waals surface area contributed by atoms with Crippen LogP contribution in [0.3, 0.4) is 0 Å². The summed E-state index contributed by atoms with van der Waals surface area (Å²) in [4.78, 5) is 23.7. The smallest absolute Gasteiger partial charge is 0.307 e. The Kier molecular flexibility index (Phi) is 6.21. The number of halogens is 1. The number of benzene rings is 2. The molecule has 3 N–H and O–H groups in total. The lowest BCUT2D eigenvalue weighted by Crippen LogP contribution is -2.35. The lowest BCUT2D eigenvalue weighted by molar-refractivity contribution is -0.143. The van der Waals surface area contributed by atoms with Gasteiger partial charge >= 0.3 is 5.97 Å². The molecule has 0 spiro atoms. The maximum absolute atomic E-state index is 13.7. The fraction of sp³-hybridized carbons (Fsp3) is 0.263. The minimum Gasteiger partial charge on any atom is -0.481 e. The summed E-state index contributed by atoms with van der Waals surface area (Å²) in [6.45, 7) is 0. The number of aliphatic carboxylic acids is 1. The second-order valence-electron chi connectivity index (χ2n) is 5.80. The van der Waals surface area contributed by atoms with E-state index in [4.69, 9.17) is 5.73 Å². The summed E-state index contributed by atoms with van der Waals surface area (Å²) in [6, 6.07) is 14.5. The summed E-state index contributed by atoms with van der Waals surface area (Å²) in [5.41, 5.74) is 7.11. The van der Waals surface area contributed by atoms with E-state index < -0.39 is 23.7 Å². The highest BCUT2D eigenvalue weighted by atomic mass is 19.1. The molecule has 2 atom stereocenters. The predicted octanol–water partition coefficient (Wildman–Crippen LogP) is 2.60.